The molecule has 0 fully saturated rings. The number of hydrogen-bond donors (Lipinski definition) is 0. The molecule has 0 spiro atoms. The lowest BCUT2D eigenvalue weighted by Crippen LogP contribution is -2.20. The summed E-state index contributed by atoms with van der Waals surface area (Å²) in [6.07, 6.45) is 0.971. The van der Waals surface area contributed by atoms with Gasteiger partial charge >= 0.3 is 10.1 Å². The Kier molecular flexibility index (Phi) is 4.40. The van der Waals surface area contributed by atoms with Gasteiger partial charge in [-0.25, -0.2) is 0 Å². The van der Waals surface area contributed by atoms with Crippen LogP contribution in [-0.4, -0.2) is 21.8 Å². The maximum atomic E-state index is 11.0. The Balaban J connectivity index is 2.95. The van der Waals surface area contributed by atoms with Gasteiger partial charge in [0.2, 0.25) is 0 Å². The van der Waals surface area contributed by atoms with E-state index in [0.29, 0.717) is 5.75 Å². The number of methoxy groups -OCH3 is 1. The summed E-state index contributed by atoms with van der Waals surface area (Å²) in [4.78, 5) is 0. The van der Waals surface area contributed by atoms with Crippen molar-refractivity contribution in [2.75, 3.05) is 13.4 Å². The van der Waals surface area contributed by atoms with Gasteiger partial charge in [-0.15, -0.1) is 0 Å². The first kappa shape index (κ1) is 15.0. The summed E-state index contributed by atoms with van der Waals surface area (Å²) < 4.78 is 32.2. The van der Waals surface area contributed by atoms with Crippen LogP contribution in [-0.2, 0) is 14.9 Å². The van der Waals surface area contributed by atoms with Gasteiger partial charge in [-0.2, -0.15) is 8.42 Å². The second-order valence-electron chi connectivity index (χ2n) is 5.34. The van der Waals surface area contributed by atoms with E-state index in [2.05, 4.69) is 20.8 Å². The van der Waals surface area contributed by atoms with Crippen molar-refractivity contribution >= 4 is 10.1 Å². The van der Waals surface area contributed by atoms with Gasteiger partial charge in [0, 0.05) is 7.11 Å². The summed E-state index contributed by atoms with van der Waals surface area (Å²) in [7, 11) is -1.81. The molecule has 102 valence electrons. The van der Waals surface area contributed by atoms with Crippen molar-refractivity contribution in [3.05, 3.63) is 29.8 Å². The van der Waals surface area contributed by atoms with E-state index in [1.54, 1.807) is 19.2 Å². The zero-order valence-corrected chi connectivity index (χ0v) is 12.2. The highest BCUT2D eigenvalue weighted by Crippen LogP contribution is 2.35. The van der Waals surface area contributed by atoms with E-state index >= 15 is 0 Å². The lowest BCUT2D eigenvalue weighted by Gasteiger charge is -2.29. The Bertz CT molecular complexity index is 483. The molecule has 4 nitrogen and oxygen atoms in total. The molecule has 0 radical (unpaired) electrons. The molecule has 0 heterocycles. The first-order valence-electron chi connectivity index (χ1n) is 5.66. The van der Waals surface area contributed by atoms with E-state index in [0.717, 1.165) is 11.8 Å². The minimum Gasteiger partial charge on any atom is -0.383 e. The monoisotopic (exact) mass is 272 g/mol. The first-order chi connectivity index (χ1) is 8.13. The molecule has 0 aromatic heterocycles. The fraction of sp³-hybridized carbons (Fsp3) is 0.538. The summed E-state index contributed by atoms with van der Waals surface area (Å²) in [5, 5.41) is 0. The van der Waals surface area contributed by atoms with Gasteiger partial charge in [0.15, 0.2) is 0 Å². The number of ether oxygens (including phenoxy) is 1. The Labute approximate surface area is 109 Å². The van der Waals surface area contributed by atoms with Crippen LogP contribution in [0.3, 0.4) is 0 Å². The average Bonchev–Trinajstić information content (AvgIpc) is 2.17. The smallest absolute Gasteiger partial charge is 0.306 e. The summed E-state index contributed by atoms with van der Waals surface area (Å²) in [5.41, 5.74) is 0.958. The third-order valence-corrected chi connectivity index (χ3v) is 2.95. The predicted molar refractivity (Wildman–Crippen MR) is 71.1 cm³/mol. The van der Waals surface area contributed by atoms with Crippen molar-refractivity contribution in [1.29, 1.82) is 0 Å². The van der Waals surface area contributed by atoms with Crippen LogP contribution < -0.4 is 4.18 Å². The van der Waals surface area contributed by atoms with E-state index < -0.39 is 10.1 Å². The number of hydrogen-bond acceptors (Lipinski definition) is 4. The first-order valence-corrected chi connectivity index (χ1v) is 7.47. The summed E-state index contributed by atoms with van der Waals surface area (Å²) >= 11 is 0. The van der Waals surface area contributed by atoms with E-state index in [-0.39, 0.29) is 11.5 Å². The minimum atomic E-state index is -3.48. The molecule has 0 aliphatic heterocycles. The van der Waals surface area contributed by atoms with Crippen LogP contribution in [0.2, 0.25) is 0 Å². The standard InChI is InChI=1S/C13H20O4S/c1-13(2,3)12(16-4)10-6-8-11(9-7-10)17-18(5,14)15/h6-9,12H,1-5H3. The number of rotatable bonds is 4. The van der Waals surface area contributed by atoms with Crippen molar-refractivity contribution < 1.29 is 17.3 Å². The van der Waals surface area contributed by atoms with E-state index in [4.69, 9.17) is 8.92 Å². The summed E-state index contributed by atoms with van der Waals surface area (Å²) in [6.45, 7) is 6.26. The third-order valence-electron chi connectivity index (χ3n) is 2.45. The van der Waals surface area contributed by atoms with Crippen LogP contribution in [0.4, 0.5) is 0 Å². The molecular weight excluding hydrogens is 252 g/mol. The van der Waals surface area contributed by atoms with Crippen LogP contribution in [0.1, 0.15) is 32.4 Å². The van der Waals surface area contributed by atoms with Crippen LogP contribution in [0, 0.1) is 5.41 Å². The number of benzene rings is 1. The van der Waals surface area contributed by atoms with Gasteiger partial charge < -0.3 is 8.92 Å². The zero-order chi connectivity index (χ0) is 14.0. The maximum absolute atomic E-state index is 11.0. The lowest BCUT2D eigenvalue weighted by molar-refractivity contribution is 0.0152. The minimum absolute atomic E-state index is 0.0338. The highest BCUT2D eigenvalue weighted by atomic mass is 32.2. The SMILES string of the molecule is COC(c1ccc(OS(C)(=O)=O)cc1)C(C)(C)C. The van der Waals surface area contributed by atoms with Gasteiger partial charge in [0.1, 0.15) is 5.75 Å². The fourth-order valence-corrected chi connectivity index (χ4v) is 2.32. The van der Waals surface area contributed by atoms with Crippen LogP contribution in [0.5, 0.6) is 5.75 Å². The highest BCUT2D eigenvalue weighted by Gasteiger charge is 2.25. The molecule has 18 heavy (non-hydrogen) atoms. The van der Waals surface area contributed by atoms with Crippen molar-refractivity contribution in [3.8, 4) is 5.75 Å². The predicted octanol–water partition coefficient (Wildman–Crippen LogP) is 2.76. The van der Waals surface area contributed by atoms with Crippen molar-refractivity contribution in [1.82, 2.24) is 0 Å². The molecule has 0 aliphatic rings. The fourth-order valence-electron chi connectivity index (χ4n) is 1.86. The molecular formula is C13H20O4S. The molecule has 0 aliphatic carbocycles. The molecule has 0 amide bonds. The average molecular weight is 272 g/mol. The quantitative estimate of drug-likeness (QED) is 0.791. The van der Waals surface area contributed by atoms with Gasteiger partial charge in [-0.05, 0) is 23.1 Å². The van der Waals surface area contributed by atoms with E-state index in [9.17, 15) is 8.42 Å². The summed E-state index contributed by atoms with van der Waals surface area (Å²) in [6, 6.07) is 6.90. The normalized spacial score (nSPS) is 14.3. The molecule has 1 aromatic carbocycles. The summed E-state index contributed by atoms with van der Waals surface area (Å²) in [5.74, 6) is 0.310. The topological polar surface area (TPSA) is 52.6 Å². The molecule has 1 atom stereocenters. The molecule has 0 N–H and O–H groups in total. The highest BCUT2D eigenvalue weighted by molar-refractivity contribution is 7.86. The molecule has 1 rings (SSSR count). The van der Waals surface area contributed by atoms with Gasteiger partial charge in [0.25, 0.3) is 0 Å². The Morgan fingerprint density at radius 1 is 1.11 bits per heavy atom. The van der Waals surface area contributed by atoms with Crippen LogP contribution in [0.15, 0.2) is 24.3 Å². The second-order valence-corrected chi connectivity index (χ2v) is 6.91. The zero-order valence-electron chi connectivity index (χ0n) is 11.4. The van der Waals surface area contributed by atoms with Crippen molar-refractivity contribution in [3.63, 3.8) is 0 Å². The molecule has 1 aromatic rings. The van der Waals surface area contributed by atoms with Gasteiger partial charge in [-0.1, -0.05) is 32.9 Å². The third kappa shape index (κ3) is 4.31. The van der Waals surface area contributed by atoms with Gasteiger partial charge in [-0.3, -0.25) is 0 Å². The molecule has 1 unspecified atom stereocenters. The largest absolute Gasteiger partial charge is 0.383 e. The van der Waals surface area contributed by atoms with Crippen molar-refractivity contribution in [2.45, 2.75) is 26.9 Å². The van der Waals surface area contributed by atoms with E-state index in [1.807, 2.05) is 12.1 Å². The van der Waals surface area contributed by atoms with E-state index in [1.165, 1.54) is 0 Å². The molecule has 0 saturated carbocycles. The van der Waals surface area contributed by atoms with Crippen LogP contribution in [0.25, 0.3) is 0 Å². The molecule has 0 bridgehead atoms. The molecule has 5 heteroatoms. The van der Waals surface area contributed by atoms with Crippen LogP contribution >= 0.6 is 0 Å². The Morgan fingerprint density at radius 2 is 1.61 bits per heavy atom. The van der Waals surface area contributed by atoms with Crippen molar-refractivity contribution in [2.24, 2.45) is 5.41 Å². The second kappa shape index (κ2) is 5.28. The lowest BCUT2D eigenvalue weighted by atomic mass is 9.84. The molecule has 0 saturated heterocycles. The Morgan fingerprint density at radius 3 is 1.94 bits per heavy atom. The van der Waals surface area contributed by atoms with Gasteiger partial charge in [0.05, 0.1) is 12.4 Å². The Hall–Kier alpha value is -1.07. The maximum Gasteiger partial charge on any atom is 0.306 e.